The first kappa shape index (κ1) is 47.0. The Bertz CT molecular complexity index is 1780. The minimum atomic E-state index is -1.29. The maximum atomic E-state index is 14.3. The third-order valence-corrected chi connectivity index (χ3v) is 9.96. The maximum absolute atomic E-state index is 14.3. The molecule has 0 aliphatic carbocycles. The van der Waals surface area contributed by atoms with Gasteiger partial charge in [0.1, 0.15) is 35.8 Å². The number of carbonyl (C=O) groups excluding carboxylic acids is 6. The Morgan fingerprint density at radius 1 is 1.09 bits per heavy atom. The molecule has 15 nitrogen and oxygen atoms in total. The van der Waals surface area contributed by atoms with E-state index in [1.54, 1.807) is 76.3 Å². The number of hydrogen-bond donors (Lipinski definition) is 5. The number of phenolic OH excluding ortho intramolecular Hbond substituents is 1. The first-order valence-electron chi connectivity index (χ1n) is 19.5. The van der Waals surface area contributed by atoms with Gasteiger partial charge in [-0.1, -0.05) is 68.5 Å². The lowest BCUT2D eigenvalue weighted by Gasteiger charge is -2.36. The molecule has 2 aliphatic heterocycles. The van der Waals surface area contributed by atoms with Gasteiger partial charge in [0, 0.05) is 38.9 Å². The summed E-state index contributed by atoms with van der Waals surface area (Å²) in [5.41, 5.74) is 4.62. The van der Waals surface area contributed by atoms with Crippen LogP contribution in [0.5, 0.6) is 5.75 Å². The number of hydrogen-bond acceptors (Lipinski definition) is 11. The van der Waals surface area contributed by atoms with E-state index in [0.29, 0.717) is 29.6 Å². The van der Waals surface area contributed by atoms with Crippen molar-refractivity contribution in [3.8, 4) is 5.75 Å². The van der Waals surface area contributed by atoms with Crippen molar-refractivity contribution >= 4 is 35.4 Å². The molecule has 1 saturated heterocycles. The lowest BCUT2D eigenvalue weighted by Crippen LogP contribution is -2.62. The van der Waals surface area contributed by atoms with Crippen LogP contribution in [0.15, 0.2) is 84.0 Å². The zero-order valence-corrected chi connectivity index (χ0v) is 34.5. The lowest BCUT2D eigenvalue weighted by atomic mass is 9.89. The molecule has 2 unspecified atom stereocenters. The molecular formula is C43H59N5O10. The van der Waals surface area contributed by atoms with Gasteiger partial charge in [0.05, 0.1) is 19.1 Å². The quantitative estimate of drug-likeness (QED) is 0.101. The van der Waals surface area contributed by atoms with Crippen molar-refractivity contribution in [2.45, 2.75) is 103 Å². The number of nitrogens with one attached hydrogen (secondary N) is 3. The Labute approximate surface area is 340 Å². The lowest BCUT2D eigenvalue weighted by molar-refractivity contribution is -0.162. The smallest absolute Gasteiger partial charge is 0.325 e. The maximum Gasteiger partial charge on any atom is 0.325 e. The fraction of sp³-hybridized carbons (Fsp3) is 0.488. The molecule has 15 heteroatoms. The number of esters is 1. The normalized spacial score (nSPS) is 26.7. The molecule has 0 radical (unpaired) electrons. The van der Waals surface area contributed by atoms with Crippen molar-refractivity contribution in [1.29, 1.82) is 0 Å². The minimum Gasteiger partial charge on any atom is -0.508 e. The van der Waals surface area contributed by atoms with Gasteiger partial charge in [0.25, 0.3) is 11.8 Å². The van der Waals surface area contributed by atoms with E-state index >= 15 is 0 Å². The zero-order chi connectivity index (χ0) is 42.9. The monoisotopic (exact) mass is 805 g/mol. The molecule has 0 aromatic heterocycles. The van der Waals surface area contributed by atoms with Gasteiger partial charge in [-0.05, 0) is 74.8 Å². The summed E-state index contributed by atoms with van der Waals surface area (Å²) in [7, 11) is 2.84. The van der Waals surface area contributed by atoms with Crippen molar-refractivity contribution < 1.29 is 48.6 Å². The van der Waals surface area contributed by atoms with Crippen LogP contribution in [0.25, 0.3) is 0 Å². The van der Waals surface area contributed by atoms with E-state index < -0.39 is 71.8 Å². The number of ketones is 1. The summed E-state index contributed by atoms with van der Waals surface area (Å²) in [6.07, 6.45) is 12.1. The number of hydrazine groups is 1. The third-order valence-electron chi connectivity index (χ3n) is 9.96. The number of fused-ring (bicyclic) bond motifs is 2. The molecule has 0 spiro atoms. The molecule has 2 bridgehead atoms. The molecule has 5 N–H and O–H groups in total. The van der Waals surface area contributed by atoms with E-state index in [2.05, 4.69) is 16.1 Å². The molecule has 2 heterocycles. The van der Waals surface area contributed by atoms with Crippen LogP contribution in [-0.4, -0.2) is 107 Å². The number of carbonyl (C=O) groups is 6. The van der Waals surface area contributed by atoms with Crippen molar-refractivity contribution in [1.82, 2.24) is 26.1 Å². The summed E-state index contributed by atoms with van der Waals surface area (Å²) in [4.78, 5) is 85.0. The van der Waals surface area contributed by atoms with Crippen molar-refractivity contribution in [2.24, 2.45) is 11.8 Å². The highest BCUT2D eigenvalue weighted by Gasteiger charge is 2.37. The highest BCUT2D eigenvalue weighted by atomic mass is 16.7. The highest BCUT2D eigenvalue weighted by Crippen LogP contribution is 2.22. The number of hydroxylamine groups is 2. The summed E-state index contributed by atoms with van der Waals surface area (Å²) in [5.74, 6) is -4.57. The predicted octanol–water partition coefficient (Wildman–Crippen LogP) is 3.30. The third kappa shape index (κ3) is 14.5. The van der Waals surface area contributed by atoms with Crippen LogP contribution in [-0.2, 0) is 44.8 Å². The number of aliphatic hydroxyl groups excluding tert-OH is 1. The predicted molar refractivity (Wildman–Crippen MR) is 217 cm³/mol. The average Bonchev–Trinajstić information content (AvgIpc) is 3.18. The van der Waals surface area contributed by atoms with E-state index in [-0.39, 0.29) is 43.8 Å². The zero-order valence-electron chi connectivity index (χ0n) is 34.5. The molecule has 1 aromatic carbocycles. The van der Waals surface area contributed by atoms with Crippen molar-refractivity contribution in [3.05, 3.63) is 89.6 Å². The van der Waals surface area contributed by atoms with E-state index in [9.17, 15) is 39.0 Å². The summed E-state index contributed by atoms with van der Waals surface area (Å²) in [5, 5.41) is 29.5. The van der Waals surface area contributed by atoms with E-state index in [0.717, 1.165) is 5.06 Å². The number of aliphatic hydroxyl groups is 1. The van der Waals surface area contributed by atoms with Gasteiger partial charge in [-0.25, -0.2) is 10.5 Å². The van der Waals surface area contributed by atoms with Gasteiger partial charge in [-0.3, -0.25) is 33.8 Å². The molecule has 4 amide bonds. The van der Waals surface area contributed by atoms with Crippen LogP contribution in [0.1, 0.15) is 72.3 Å². The number of Topliss-reactive ketones (excluding diaryl/α,β-unsaturated/α-hetero) is 1. The number of allylic oxidation sites excluding steroid dienone is 6. The molecule has 3 rings (SSSR count). The number of likely N-dealkylation sites (N-methyl/N-ethyl adjacent to an activating group) is 1. The fourth-order valence-electron chi connectivity index (χ4n) is 6.37. The number of rotatable bonds is 10. The average molecular weight is 806 g/mol. The second kappa shape index (κ2) is 23.1. The van der Waals surface area contributed by atoms with Crippen LogP contribution in [0.3, 0.4) is 0 Å². The molecule has 1 fully saturated rings. The van der Waals surface area contributed by atoms with E-state index in [1.165, 1.54) is 50.4 Å². The number of nitrogens with zero attached hydrogens (tertiary/aromatic N) is 2. The summed E-state index contributed by atoms with van der Waals surface area (Å²) < 4.78 is 6.01. The van der Waals surface area contributed by atoms with Crippen LogP contribution < -0.4 is 16.1 Å². The van der Waals surface area contributed by atoms with Gasteiger partial charge in [0.2, 0.25) is 11.8 Å². The Balaban J connectivity index is 2.07. The second-order valence-corrected chi connectivity index (χ2v) is 14.9. The van der Waals surface area contributed by atoms with Gasteiger partial charge < -0.3 is 30.4 Å². The molecule has 2 aliphatic rings. The second-order valence-electron chi connectivity index (χ2n) is 14.9. The summed E-state index contributed by atoms with van der Waals surface area (Å²) >= 11 is 0. The first-order chi connectivity index (χ1) is 27.5. The number of phenols is 1. The fourth-order valence-corrected chi connectivity index (χ4v) is 6.37. The molecular weight excluding hydrogens is 746 g/mol. The molecule has 0 saturated carbocycles. The molecule has 316 valence electrons. The largest absolute Gasteiger partial charge is 0.508 e. The number of amides is 4. The Kier molecular flexibility index (Phi) is 18.7. The van der Waals surface area contributed by atoms with E-state index in [1.807, 2.05) is 0 Å². The minimum absolute atomic E-state index is 0.0276. The Morgan fingerprint density at radius 2 is 1.83 bits per heavy atom. The Hall–Kier alpha value is -5.38. The van der Waals surface area contributed by atoms with Crippen LogP contribution in [0.2, 0.25) is 0 Å². The molecule has 58 heavy (non-hydrogen) atoms. The van der Waals surface area contributed by atoms with E-state index in [4.69, 9.17) is 9.57 Å². The van der Waals surface area contributed by atoms with Crippen molar-refractivity contribution in [2.75, 3.05) is 20.7 Å². The number of ether oxygens (including phenoxy) is 1. The topological polar surface area (TPSA) is 204 Å². The number of cyclic esters (lactones) is 1. The van der Waals surface area contributed by atoms with Gasteiger partial charge >= 0.3 is 5.97 Å². The molecule has 6 atom stereocenters. The van der Waals surface area contributed by atoms with Gasteiger partial charge in [-0.15, -0.1) is 0 Å². The summed E-state index contributed by atoms with van der Waals surface area (Å²) in [6.45, 7) is 8.49. The van der Waals surface area contributed by atoms with Crippen LogP contribution in [0.4, 0.5) is 0 Å². The van der Waals surface area contributed by atoms with Crippen molar-refractivity contribution in [3.63, 3.8) is 0 Å². The highest BCUT2D eigenvalue weighted by molar-refractivity contribution is 5.93. The van der Waals surface area contributed by atoms with Crippen LogP contribution in [0, 0.1) is 11.8 Å². The number of aromatic hydroxyl groups is 1. The first-order valence-corrected chi connectivity index (χ1v) is 19.5. The summed E-state index contributed by atoms with van der Waals surface area (Å²) in [6, 6.07) is 3.03. The standard InChI is InChI=1S/C43H59N5O10/c1-27(2)38-41(54)44-35(26-31-17-13-18-32(50)25-31)42(55)48-24-14-19-34(46-48)43(56)58-36(28(3)16-12-21-37(51)47(6)57-7)20-11-9-8-10-15-29(4)39(52)33(40(53)45-38)23-22-30(5)49/h8-13,15-18,21,25,27,33-36,38-39,46,50,52H,14,19-20,22-24,26H2,1-7H3,(H,44,54)(H,45,53)/b10-8+,11-9+,21-12+,28-16+,29-15+/t33-,34?,35?,36+,38+,39-/m1/s1. The SMILES string of the molecule is CON(C)C(=O)/C=C/C=C(\C)[C@@H]1C/C=C/C=C/C=C(\C)[C@@H](O)[C@@H](CCC(C)=O)C(=O)N[C@@H](C(C)C)C(=O)NC(Cc2cccc(O)c2)C(=O)N2CCCC(N2)C(=O)O1. The van der Waals surface area contributed by atoms with Crippen LogP contribution >= 0.6 is 0 Å². The van der Waals surface area contributed by atoms with Gasteiger partial charge in [0.15, 0.2) is 0 Å². The Morgan fingerprint density at radius 3 is 2.50 bits per heavy atom. The van der Waals surface area contributed by atoms with Gasteiger partial charge in [-0.2, -0.15) is 0 Å². The number of benzene rings is 1. The molecule has 1 aromatic rings.